The molecule has 1 saturated carbocycles. The molecule has 1 aliphatic heterocycles. The molecule has 5 rings (SSSR count). The molecule has 11 heteroatoms. The molecule has 3 heterocycles. The zero-order valence-corrected chi connectivity index (χ0v) is 18.6. The molecule has 10 nitrogen and oxygen atoms in total. The fourth-order valence-corrected chi connectivity index (χ4v) is 4.39. The van der Waals surface area contributed by atoms with Crippen LogP contribution in [0.5, 0.6) is 5.88 Å². The Balaban J connectivity index is 1.23. The van der Waals surface area contributed by atoms with Crippen molar-refractivity contribution in [1.29, 1.82) is 0 Å². The smallest absolute Gasteiger partial charge is 0.318 e. The van der Waals surface area contributed by atoms with Crippen LogP contribution < -0.4 is 10.2 Å². The number of carbonyl (C=O) groups excluding carboxylic acids is 1. The Morgan fingerprint density at radius 2 is 2.15 bits per heavy atom. The maximum Gasteiger partial charge on any atom is 0.318 e. The number of piperidine rings is 1. The van der Waals surface area contributed by atoms with Gasteiger partial charge >= 0.3 is 6.03 Å². The molecule has 2 aliphatic rings. The molecule has 0 spiro atoms. The summed E-state index contributed by atoms with van der Waals surface area (Å²) in [6, 6.07) is 9.29. The zero-order chi connectivity index (χ0) is 22.8. The van der Waals surface area contributed by atoms with Crippen molar-refractivity contribution in [3.63, 3.8) is 0 Å². The second kappa shape index (κ2) is 9.22. The van der Waals surface area contributed by atoms with Crippen LogP contribution in [0.15, 0.2) is 41.1 Å². The molecule has 33 heavy (non-hydrogen) atoms. The van der Waals surface area contributed by atoms with E-state index in [2.05, 4.69) is 25.7 Å². The predicted molar refractivity (Wildman–Crippen MR) is 121 cm³/mol. The first kappa shape index (κ1) is 21.4. The van der Waals surface area contributed by atoms with Crippen LogP contribution in [0.25, 0.3) is 11.3 Å². The number of hydrogen-bond acceptors (Lipinski definition) is 8. The first-order valence-corrected chi connectivity index (χ1v) is 11.4. The van der Waals surface area contributed by atoms with Crippen molar-refractivity contribution in [2.24, 2.45) is 0 Å². The number of aromatic hydroxyl groups is 1. The lowest BCUT2D eigenvalue weighted by Gasteiger charge is -2.39. The summed E-state index contributed by atoms with van der Waals surface area (Å²) in [6.45, 7) is 1.62. The van der Waals surface area contributed by atoms with Crippen molar-refractivity contribution >= 4 is 23.6 Å². The number of carbonyl (C=O) groups is 1. The van der Waals surface area contributed by atoms with Gasteiger partial charge in [0.1, 0.15) is 11.9 Å². The number of halogens is 1. The highest BCUT2D eigenvalue weighted by Crippen LogP contribution is 2.32. The minimum Gasteiger partial charge on any atom is -0.492 e. The van der Waals surface area contributed by atoms with E-state index in [-0.39, 0.29) is 30.5 Å². The first-order valence-electron chi connectivity index (χ1n) is 11.0. The second-order valence-electron chi connectivity index (χ2n) is 8.35. The van der Waals surface area contributed by atoms with Crippen LogP contribution in [0, 0.1) is 0 Å². The van der Waals surface area contributed by atoms with Crippen LogP contribution in [0.2, 0.25) is 5.02 Å². The van der Waals surface area contributed by atoms with Crippen LogP contribution in [0.4, 0.5) is 10.7 Å². The molecule has 2 fully saturated rings. The van der Waals surface area contributed by atoms with Gasteiger partial charge in [-0.15, -0.1) is 10.2 Å². The Kier molecular flexibility index (Phi) is 5.99. The van der Waals surface area contributed by atoms with Gasteiger partial charge < -0.3 is 24.7 Å². The quantitative estimate of drug-likeness (QED) is 0.564. The molecule has 1 atom stereocenters. The van der Waals surface area contributed by atoms with E-state index in [1.807, 2.05) is 28.0 Å². The Hall–Kier alpha value is -3.40. The fraction of sp³-hybridized carbons (Fsp3) is 0.409. The molecule has 0 unspecified atom stereocenters. The van der Waals surface area contributed by atoms with E-state index in [4.69, 9.17) is 16.1 Å². The number of nitrogens with zero attached hydrogens (tertiary/aromatic N) is 6. The second-order valence-corrected chi connectivity index (χ2v) is 8.78. The average molecular weight is 470 g/mol. The van der Waals surface area contributed by atoms with Gasteiger partial charge in [0.05, 0.1) is 12.6 Å². The summed E-state index contributed by atoms with van der Waals surface area (Å²) in [4.78, 5) is 21.1. The number of benzene rings is 1. The summed E-state index contributed by atoms with van der Waals surface area (Å²) in [6.07, 6.45) is 4.99. The van der Waals surface area contributed by atoms with Crippen LogP contribution in [0.3, 0.4) is 0 Å². The Bertz CT molecular complexity index is 1140. The lowest BCUT2D eigenvalue weighted by Crippen LogP contribution is -2.54. The van der Waals surface area contributed by atoms with Gasteiger partial charge in [-0.2, -0.15) is 4.98 Å². The van der Waals surface area contributed by atoms with Gasteiger partial charge in [0.2, 0.25) is 11.8 Å². The maximum atomic E-state index is 13.2. The molecule has 0 radical (unpaired) electrons. The molecule has 1 aliphatic carbocycles. The van der Waals surface area contributed by atoms with Gasteiger partial charge in [0.15, 0.2) is 5.76 Å². The van der Waals surface area contributed by atoms with Crippen molar-refractivity contribution in [1.82, 2.24) is 30.6 Å². The van der Waals surface area contributed by atoms with Crippen molar-refractivity contribution in [2.75, 3.05) is 18.0 Å². The highest BCUT2D eigenvalue weighted by molar-refractivity contribution is 6.30. The molecule has 2 amide bonds. The summed E-state index contributed by atoms with van der Waals surface area (Å²) in [5, 5.41) is 25.1. The third-order valence-electron chi connectivity index (χ3n) is 5.87. The third kappa shape index (κ3) is 5.00. The van der Waals surface area contributed by atoms with E-state index < -0.39 is 0 Å². The van der Waals surface area contributed by atoms with Gasteiger partial charge in [0.25, 0.3) is 0 Å². The van der Waals surface area contributed by atoms with E-state index in [1.54, 1.807) is 12.1 Å². The molecule has 1 saturated heterocycles. The fourth-order valence-electron chi connectivity index (χ4n) is 4.20. The predicted octanol–water partition coefficient (Wildman–Crippen LogP) is 3.23. The van der Waals surface area contributed by atoms with E-state index in [0.717, 1.165) is 37.8 Å². The standard InChI is InChI=1S/C22H24ClN7O3/c23-15-4-1-3-14(9-15)19-10-16(28-33-19)11-24-22(32)30(17-6-7-17)18-5-2-8-29(13-18)21-26-20(31)12-25-27-21/h1,3-4,9-10,12,17-18H,2,5-8,11,13H2,(H,24,32)(H,26,27,31)/t18-/m1/s1. The topological polar surface area (TPSA) is 121 Å². The lowest BCUT2D eigenvalue weighted by atomic mass is 10.0. The number of anilines is 1. The molecule has 2 N–H and O–H groups in total. The van der Waals surface area contributed by atoms with Gasteiger partial charge in [-0.1, -0.05) is 28.9 Å². The monoisotopic (exact) mass is 469 g/mol. The normalized spacial score (nSPS) is 18.2. The summed E-state index contributed by atoms with van der Waals surface area (Å²) in [7, 11) is 0. The molecule has 2 aromatic heterocycles. The van der Waals surface area contributed by atoms with Crippen molar-refractivity contribution in [3.05, 3.63) is 47.2 Å². The van der Waals surface area contributed by atoms with Crippen molar-refractivity contribution < 1.29 is 14.4 Å². The highest BCUT2D eigenvalue weighted by Gasteiger charge is 2.39. The molecular weight excluding hydrogens is 446 g/mol. The van der Waals surface area contributed by atoms with Crippen molar-refractivity contribution in [2.45, 2.75) is 44.3 Å². The third-order valence-corrected chi connectivity index (χ3v) is 6.11. The number of urea groups is 1. The van der Waals surface area contributed by atoms with Crippen LogP contribution in [-0.2, 0) is 6.54 Å². The largest absolute Gasteiger partial charge is 0.492 e. The molecular formula is C22H24ClN7O3. The highest BCUT2D eigenvalue weighted by atomic mass is 35.5. The summed E-state index contributed by atoms with van der Waals surface area (Å²) in [5.74, 6) is 0.819. The Morgan fingerprint density at radius 1 is 1.27 bits per heavy atom. The maximum absolute atomic E-state index is 13.2. The number of hydrogen-bond donors (Lipinski definition) is 2. The number of aromatic nitrogens is 4. The summed E-state index contributed by atoms with van der Waals surface area (Å²) >= 11 is 6.05. The number of nitrogens with one attached hydrogen (secondary N) is 1. The average Bonchev–Trinajstić information content (AvgIpc) is 3.53. The van der Waals surface area contributed by atoms with E-state index >= 15 is 0 Å². The van der Waals surface area contributed by atoms with E-state index in [9.17, 15) is 9.90 Å². The molecule has 0 bridgehead atoms. The van der Waals surface area contributed by atoms with Gasteiger partial charge in [-0.05, 0) is 37.8 Å². The summed E-state index contributed by atoms with van der Waals surface area (Å²) in [5.41, 5.74) is 1.47. The minimum atomic E-state index is -0.163. The molecule has 1 aromatic carbocycles. The SMILES string of the molecule is O=C(NCc1cc(-c2cccc(Cl)c2)on1)N(C1CC1)[C@@H]1CCCN(c2nncc(O)n2)C1. The van der Waals surface area contributed by atoms with E-state index in [1.165, 1.54) is 6.20 Å². The van der Waals surface area contributed by atoms with Crippen LogP contribution >= 0.6 is 11.6 Å². The van der Waals surface area contributed by atoms with Crippen LogP contribution in [0.1, 0.15) is 31.4 Å². The number of rotatable bonds is 6. The van der Waals surface area contributed by atoms with Gasteiger partial charge in [-0.3, -0.25) is 0 Å². The van der Waals surface area contributed by atoms with Gasteiger partial charge in [0, 0.05) is 35.8 Å². The van der Waals surface area contributed by atoms with Crippen LogP contribution in [-0.4, -0.2) is 61.5 Å². The Morgan fingerprint density at radius 3 is 2.94 bits per heavy atom. The Labute approximate surface area is 195 Å². The van der Waals surface area contributed by atoms with E-state index in [0.29, 0.717) is 29.0 Å². The molecule has 3 aromatic rings. The molecule has 172 valence electrons. The minimum absolute atomic E-state index is 0.0246. The van der Waals surface area contributed by atoms with Crippen molar-refractivity contribution in [3.8, 4) is 17.2 Å². The lowest BCUT2D eigenvalue weighted by molar-refractivity contribution is 0.160. The zero-order valence-electron chi connectivity index (χ0n) is 17.9. The summed E-state index contributed by atoms with van der Waals surface area (Å²) < 4.78 is 5.43. The van der Waals surface area contributed by atoms with Gasteiger partial charge in [-0.25, -0.2) is 4.79 Å². The first-order chi connectivity index (χ1) is 16.1. The number of amides is 2.